The van der Waals surface area contributed by atoms with Gasteiger partial charge in [-0.05, 0) is 27.7 Å². The van der Waals surface area contributed by atoms with Gasteiger partial charge in [-0.3, -0.25) is 13.7 Å². The molecule has 0 spiro atoms. The van der Waals surface area contributed by atoms with E-state index in [1.807, 2.05) is 6.92 Å². The zero-order valence-electron chi connectivity index (χ0n) is 12.2. The highest BCUT2D eigenvalue weighted by atomic mass is 31.2. The molecule has 1 heterocycles. The molecule has 0 N–H and O–H groups in total. The molecular formula is C11H24O6P2. The maximum Gasteiger partial charge on any atom is 0.362 e. The molecule has 0 bridgehead atoms. The molecule has 19 heavy (non-hydrogen) atoms. The predicted octanol–water partition coefficient (Wildman–Crippen LogP) is 3.86. The van der Waals surface area contributed by atoms with Gasteiger partial charge in [-0.25, -0.2) is 0 Å². The van der Waals surface area contributed by atoms with E-state index in [4.69, 9.17) is 18.1 Å². The third-order valence-electron chi connectivity index (χ3n) is 3.20. The van der Waals surface area contributed by atoms with Crippen LogP contribution in [0.15, 0.2) is 0 Å². The third-order valence-corrected chi connectivity index (χ3v) is 8.47. The molecule has 3 atom stereocenters. The zero-order chi connectivity index (χ0) is 14.7. The molecule has 1 saturated heterocycles. The van der Waals surface area contributed by atoms with E-state index in [-0.39, 0.29) is 31.9 Å². The van der Waals surface area contributed by atoms with Crippen LogP contribution in [0.2, 0.25) is 0 Å². The van der Waals surface area contributed by atoms with E-state index in [2.05, 4.69) is 0 Å². The molecule has 1 aliphatic heterocycles. The maximum atomic E-state index is 12.9. The summed E-state index contributed by atoms with van der Waals surface area (Å²) in [4.78, 5) is 0. The molecule has 3 unspecified atom stereocenters. The second kappa shape index (κ2) is 6.38. The predicted molar refractivity (Wildman–Crippen MR) is 73.6 cm³/mol. The highest BCUT2D eigenvalue weighted by Gasteiger charge is 2.62. The van der Waals surface area contributed by atoms with E-state index in [1.165, 1.54) is 0 Å². The van der Waals surface area contributed by atoms with E-state index in [9.17, 15) is 9.13 Å². The Morgan fingerprint density at radius 2 is 1.79 bits per heavy atom. The van der Waals surface area contributed by atoms with Crippen molar-refractivity contribution in [3.05, 3.63) is 0 Å². The molecule has 0 radical (unpaired) electrons. The Kier molecular flexibility index (Phi) is 5.83. The van der Waals surface area contributed by atoms with Crippen LogP contribution in [0.25, 0.3) is 0 Å². The highest BCUT2D eigenvalue weighted by molar-refractivity contribution is 7.59. The molecule has 0 aromatic heterocycles. The summed E-state index contributed by atoms with van der Waals surface area (Å²) < 4.78 is 46.8. The number of hydrogen-bond donors (Lipinski definition) is 0. The van der Waals surface area contributed by atoms with Crippen molar-refractivity contribution in [3.63, 3.8) is 0 Å². The van der Waals surface area contributed by atoms with Crippen LogP contribution in [0.1, 0.15) is 34.6 Å². The normalized spacial score (nSPS) is 35.7. The van der Waals surface area contributed by atoms with Crippen molar-refractivity contribution in [1.29, 1.82) is 0 Å². The van der Waals surface area contributed by atoms with Gasteiger partial charge in [0.15, 0.2) is 5.34 Å². The SMILES string of the molecule is CCOP1(=O)CC(C)C(C)(P(=O)(OCC)OCC)O1. The first-order valence-electron chi connectivity index (χ1n) is 6.60. The highest BCUT2D eigenvalue weighted by Crippen LogP contribution is 2.74. The lowest BCUT2D eigenvalue weighted by Gasteiger charge is -2.34. The van der Waals surface area contributed by atoms with E-state index in [1.54, 1.807) is 27.7 Å². The van der Waals surface area contributed by atoms with Gasteiger partial charge in [-0.15, -0.1) is 0 Å². The Bertz CT molecular complexity index is 389. The van der Waals surface area contributed by atoms with Crippen LogP contribution in [-0.4, -0.2) is 31.3 Å². The van der Waals surface area contributed by atoms with Crippen molar-refractivity contribution in [3.8, 4) is 0 Å². The van der Waals surface area contributed by atoms with Crippen molar-refractivity contribution < 1.29 is 27.2 Å². The molecule has 1 rings (SSSR count). The summed E-state index contributed by atoms with van der Waals surface area (Å²) in [5.41, 5.74) is 0. The smallest absolute Gasteiger partial charge is 0.309 e. The third kappa shape index (κ3) is 3.31. The summed E-state index contributed by atoms with van der Waals surface area (Å²) >= 11 is 0. The van der Waals surface area contributed by atoms with Gasteiger partial charge in [-0.1, -0.05) is 6.92 Å². The standard InChI is InChI=1S/C11H24O6P2/c1-6-14-18(12)9-10(4)11(5,17-18)19(13,15-7-2)16-8-3/h10H,6-9H2,1-5H3. The fourth-order valence-corrected chi connectivity index (χ4v) is 7.35. The van der Waals surface area contributed by atoms with Crippen molar-refractivity contribution in [2.45, 2.75) is 40.0 Å². The average Bonchev–Trinajstić information content (AvgIpc) is 2.51. The lowest BCUT2D eigenvalue weighted by molar-refractivity contribution is 0.0794. The van der Waals surface area contributed by atoms with Gasteiger partial charge in [0.2, 0.25) is 0 Å². The molecule has 0 aromatic rings. The topological polar surface area (TPSA) is 71.1 Å². The molecule has 0 amide bonds. The minimum absolute atomic E-state index is 0.224. The molecule has 0 aliphatic carbocycles. The summed E-state index contributed by atoms with van der Waals surface area (Å²) in [7, 11) is -6.74. The summed E-state index contributed by atoms with van der Waals surface area (Å²) in [5.74, 6) is -0.242. The average molecular weight is 314 g/mol. The van der Waals surface area contributed by atoms with Gasteiger partial charge in [0.05, 0.1) is 26.0 Å². The Balaban J connectivity index is 3.08. The van der Waals surface area contributed by atoms with Crippen LogP contribution < -0.4 is 0 Å². The Hall–Kier alpha value is 0.300. The van der Waals surface area contributed by atoms with Crippen molar-refractivity contribution in [1.82, 2.24) is 0 Å². The van der Waals surface area contributed by atoms with Gasteiger partial charge >= 0.3 is 15.2 Å². The van der Waals surface area contributed by atoms with E-state index < -0.39 is 20.5 Å². The minimum Gasteiger partial charge on any atom is -0.309 e. The fourth-order valence-electron chi connectivity index (χ4n) is 2.14. The van der Waals surface area contributed by atoms with Crippen LogP contribution in [0.5, 0.6) is 0 Å². The quantitative estimate of drug-likeness (QED) is 0.664. The first kappa shape index (κ1) is 17.4. The first-order valence-corrected chi connectivity index (χ1v) is 9.87. The zero-order valence-corrected chi connectivity index (χ0v) is 14.0. The number of hydrogen-bond acceptors (Lipinski definition) is 6. The van der Waals surface area contributed by atoms with Crippen LogP contribution >= 0.6 is 15.2 Å². The molecule has 0 aromatic carbocycles. The van der Waals surface area contributed by atoms with Crippen molar-refractivity contribution in [2.75, 3.05) is 26.0 Å². The minimum atomic E-state index is -3.51. The second-order valence-electron chi connectivity index (χ2n) is 4.59. The lowest BCUT2D eigenvalue weighted by Crippen LogP contribution is -2.32. The van der Waals surface area contributed by atoms with Gasteiger partial charge in [0.25, 0.3) is 0 Å². The summed E-state index contributed by atoms with van der Waals surface area (Å²) in [5, 5.41) is -1.23. The summed E-state index contributed by atoms with van der Waals surface area (Å²) in [6.07, 6.45) is 0.224. The molecule has 8 heteroatoms. The van der Waals surface area contributed by atoms with Crippen molar-refractivity contribution in [2.24, 2.45) is 5.92 Å². The Morgan fingerprint density at radius 1 is 1.26 bits per heavy atom. The molecule has 1 aliphatic rings. The van der Waals surface area contributed by atoms with Crippen LogP contribution in [0, 0.1) is 5.92 Å². The van der Waals surface area contributed by atoms with Crippen molar-refractivity contribution >= 4 is 15.2 Å². The van der Waals surface area contributed by atoms with Gasteiger partial charge < -0.3 is 13.6 Å². The maximum absolute atomic E-state index is 12.9. The van der Waals surface area contributed by atoms with Crippen LogP contribution in [0.4, 0.5) is 0 Å². The van der Waals surface area contributed by atoms with E-state index in [0.29, 0.717) is 0 Å². The number of rotatable bonds is 7. The summed E-state index contributed by atoms with van der Waals surface area (Å²) in [6, 6.07) is 0. The Labute approximate surface area is 115 Å². The van der Waals surface area contributed by atoms with Gasteiger partial charge in [0, 0.05) is 5.92 Å². The molecule has 6 nitrogen and oxygen atoms in total. The molecule has 0 saturated carbocycles. The largest absolute Gasteiger partial charge is 0.362 e. The van der Waals surface area contributed by atoms with Crippen LogP contribution in [0.3, 0.4) is 0 Å². The molecule has 114 valence electrons. The van der Waals surface area contributed by atoms with E-state index in [0.717, 1.165) is 0 Å². The van der Waals surface area contributed by atoms with Gasteiger partial charge in [-0.2, -0.15) is 0 Å². The van der Waals surface area contributed by atoms with Crippen LogP contribution in [-0.2, 0) is 27.2 Å². The monoisotopic (exact) mass is 314 g/mol. The Morgan fingerprint density at radius 3 is 2.21 bits per heavy atom. The molecule has 1 fully saturated rings. The summed E-state index contributed by atoms with van der Waals surface area (Å²) in [6.45, 7) is 9.42. The second-order valence-corrected chi connectivity index (χ2v) is 9.02. The van der Waals surface area contributed by atoms with Gasteiger partial charge in [0.1, 0.15) is 0 Å². The van der Waals surface area contributed by atoms with E-state index >= 15 is 0 Å². The lowest BCUT2D eigenvalue weighted by atomic mass is 10.1. The first-order chi connectivity index (χ1) is 8.77. The fraction of sp³-hybridized carbons (Fsp3) is 1.00. The molecular weight excluding hydrogens is 290 g/mol.